The molecular weight excluding hydrogens is 865 g/mol. The summed E-state index contributed by atoms with van der Waals surface area (Å²) in [6.07, 6.45) is 8.64. The Balaban J connectivity index is 0.987. The molecule has 66 heavy (non-hydrogen) atoms. The van der Waals surface area contributed by atoms with Crippen molar-refractivity contribution in [3.8, 4) is 0 Å². The van der Waals surface area contributed by atoms with Crippen molar-refractivity contribution >= 4 is 75.1 Å². The van der Waals surface area contributed by atoms with Gasteiger partial charge in [-0.15, -0.1) is 0 Å². The van der Waals surface area contributed by atoms with E-state index in [-0.39, 0.29) is 10.9 Å². The van der Waals surface area contributed by atoms with Crippen LogP contribution in [-0.4, -0.2) is 16.1 Å². The average molecular weight is 918 g/mol. The summed E-state index contributed by atoms with van der Waals surface area (Å²) in [6, 6.07) is 93.3. The number of allylic oxidation sites excluding steroid dienone is 3. The first-order chi connectivity index (χ1) is 32.6. The minimum Gasteiger partial charge on any atom is -0.0898 e. The fourth-order valence-electron chi connectivity index (χ4n) is 10.3. The van der Waals surface area contributed by atoms with Gasteiger partial charge < -0.3 is 0 Å². The van der Waals surface area contributed by atoms with Gasteiger partial charge in [0.15, 0.2) is 30.8 Å². The number of aryl methyl sites for hydroxylation is 2. The minimum atomic E-state index is -2.58. The Morgan fingerprint density at radius 2 is 0.848 bits per heavy atom. The lowest BCUT2D eigenvalue weighted by atomic mass is 10.2. The molecule has 1 aliphatic carbocycles. The van der Waals surface area contributed by atoms with Gasteiger partial charge in [0.1, 0.15) is 0 Å². The molecule has 4 heteroatoms. The van der Waals surface area contributed by atoms with E-state index in [9.17, 15) is 0 Å². The normalized spacial score (nSPS) is 14.3. The molecule has 0 aliphatic heterocycles. The molecule has 0 fully saturated rings. The Morgan fingerprint density at radius 3 is 1.27 bits per heavy atom. The summed E-state index contributed by atoms with van der Waals surface area (Å²) < 4.78 is 0. The molecule has 0 amide bonds. The van der Waals surface area contributed by atoms with Crippen LogP contribution in [0.4, 0.5) is 0 Å². The largest absolute Gasteiger partial charge is 0.179 e. The van der Waals surface area contributed by atoms with Gasteiger partial charge in [-0.1, -0.05) is 230 Å². The van der Waals surface area contributed by atoms with Crippen LogP contribution in [0.3, 0.4) is 0 Å². The van der Waals surface area contributed by atoms with E-state index in [1.807, 2.05) is 11.8 Å². The highest BCUT2D eigenvalue weighted by Gasteiger charge is 2.47. The summed E-state index contributed by atoms with van der Waals surface area (Å²) >= 11 is 1.87. The van der Waals surface area contributed by atoms with E-state index in [0.29, 0.717) is 5.54 Å². The molecule has 9 aromatic rings. The van der Waals surface area contributed by atoms with Gasteiger partial charge in [-0.25, -0.2) is 0 Å². The molecule has 320 valence electrons. The van der Waals surface area contributed by atoms with Crippen LogP contribution in [0.2, 0.25) is 5.54 Å². The quantitative estimate of drug-likeness (QED) is 0.0631. The molecule has 0 saturated carbocycles. The van der Waals surface area contributed by atoms with Crippen LogP contribution >= 0.6 is 11.8 Å². The van der Waals surface area contributed by atoms with Gasteiger partial charge >= 0.3 is 0 Å². The first-order valence-electron chi connectivity index (χ1n) is 23.0. The van der Waals surface area contributed by atoms with Gasteiger partial charge in [-0.3, -0.25) is 0 Å². The fraction of sp³-hybridized carbons (Fsp3) is 0.0645. The van der Waals surface area contributed by atoms with Crippen LogP contribution in [-0.2, 0) is 10.9 Å². The van der Waals surface area contributed by atoms with Gasteiger partial charge in [0.2, 0.25) is 0 Å². The van der Waals surface area contributed by atoms with E-state index in [0.717, 1.165) is 6.42 Å². The smallest absolute Gasteiger partial charge is 0.0898 e. The lowest BCUT2D eigenvalue weighted by Gasteiger charge is -2.40. The Labute approximate surface area is 400 Å². The fourth-order valence-corrected chi connectivity index (χ4v) is 23.6. The summed E-state index contributed by atoms with van der Waals surface area (Å²) in [5, 5.41) is 9.92. The summed E-state index contributed by atoms with van der Waals surface area (Å²) in [5.41, 5.74) is 2.98. The summed E-state index contributed by atoms with van der Waals surface area (Å²) in [5.74, 6) is 0. The molecule has 2 unspecified atom stereocenters. The lowest BCUT2D eigenvalue weighted by Crippen LogP contribution is -2.74. The van der Waals surface area contributed by atoms with Crippen LogP contribution in [0.5, 0.6) is 0 Å². The third-order valence-corrected chi connectivity index (χ3v) is 27.0. The highest BCUT2D eigenvalue weighted by molar-refractivity contribution is 8.01. The Kier molecular flexibility index (Phi) is 12.9. The molecule has 0 bridgehead atoms. The molecule has 0 heterocycles. The van der Waals surface area contributed by atoms with Gasteiger partial charge in [-0.05, 0) is 116 Å². The minimum absolute atomic E-state index is 0.272. The van der Waals surface area contributed by atoms with Crippen LogP contribution in [0, 0.1) is 13.8 Å². The Hall–Kier alpha value is -6.41. The SMILES string of the molecule is Cc1cc([S+](C2=CCC([Si](c3ccccc3)(c3ccccc3)c3ccccc3)C=C2)c2ccccc2C)ccc1Sc1ccc([Si](c2ccccc2)(c2ccccc2)c2ccccc2)cc1. The molecule has 0 nitrogen and oxygen atoms in total. The van der Waals surface area contributed by atoms with Crippen LogP contribution in [0.1, 0.15) is 17.5 Å². The van der Waals surface area contributed by atoms with E-state index in [4.69, 9.17) is 0 Å². The molecule has 10 rings (SSSR count). The van der Waals surface area contributed by atoms with Crippen molar-refractivity contribution in [3.05, 3.63) is 283 Å². The number of rotatable bonds is 13. The highest BCUT2D eigenvalue weighted by Crippen LogP contribution is 2.41. The lowest BCUT2D eigenvalue weighted by molar-refractivity contribution is 0.993. The van der Waals surface area contributed by atoms with Crippen molar-refractivity contribution < 1.29 is 0 Å². The molecule has 0 saturated heterocycles. The molecule has 1 aliphatic rings. The molecule has 0 aromatic heterocycles. The number of hydrogen-bond acceptors (Lipinski definition) is 1. The molecular formula is C62H53S2Si2+. The zero-order chi connectivity index (χ0) is 44.8. The monoisotopic (exact) mass is 917 g/mol. The van der Waals surface area contributed by atoms with Crippen molar-refractivity contribution in [1.29, 1.82) is 0 Å². The number of hydrogen-bond donors (Lipinski definition) is 0. The number of benzene rings is 9. The molecule has 0 radical (unpaired) electrons. The van der Waals surface area contributed by atoms with Gasteiger partial charge in [-0.2, -0.15) is 0 Å². The third kappa shape index (κ3) is 8.24. The van der Waals surface area contributed by atoms with E-state index in [1.165, 1.54) is 71.9 Å². The van der Waals surface area contributed by atoms with Crippen molar-refractivity contribution in [1.82, 2.24) is 0 Å². The maximum Gasteiger partial charge on any atom is 0.179 e. The van der Waals surface area contributed by atoms with Crippen LogP contribution < -0.4 is 36.3 Å². The van der Waals surface area contributed by atoms with Crippen LogP contribution in [0.25, 0.3) is 0 Å². The molecule has 0 spiro atoms. The molecule has 0 N–H and O–H groups in total. The summed E-state index contributed by atoms with van der Waals surface area (Å²) in [4.78, 5) is 6.68. The first-order valence-corrected chi connectivity index (χ1v) is 29.1. The van der Waals surface area contributed by atoms with Crippen molar-refractivity contribution in [2.45, 2.75) is 45.4 Å². The van der Waals surface area contributed by atoms with Crippen molar-refractivity contribution in [3.63, 3.8) is 0 Å². The first kappa shape index (κ1) is 43.5. The van der Waals surface area contributed by atoms with E-state index in [1.54, 1.807) is 0 Å². The molecule has 9 aromatic carbocycles. The van der Waals surface area contributed by atoms with Gasteiger partial charge in [0.05, 0.1) is 10.9 Å². The highest BCUT2D eigenvalue weighted by atomic mass is 32.2. The second kappa shape index (κ2) is 19.6. The van der Waals surface area contributed by atoms with Gasteiger partial charge in [0.25, 0.3) is 0 Å². The molecule has 2 atom stereocenters. The van der Waals surface area contributed by atoms with E-state index in [2.05, 4.69) is 281 Å². The summed E-state index contributed by atoms with van der Waals surface area (Å²) in [7, 11) is -5.36. The topological polar surface area (TPSA) is 0 Å². The average Bonchev–Trinajstić information content (AvgIpc) is 3.39. The Morgan fingerprint density at radius 1 is 0.424 bits per heavy atom. The summed E-state index contributed by atoms with van der Waals surface area (Å²) in [6.45, 7) is 4.56. The predicted octanol–water partition coefficient (Wildman–Crippen LogP) is 11.3. The Bertz CT molecular complexity index is 2890. The third-order valence-electron chi connectivity index (χ3n) is 13.4. The predicted molar refractivity (Wildman–Crippen MR) is 290 cm³/mol. The van der Waals surface area contributed by atoms with Crippen LogP contribution in [0.15, 0.2) is 291 Å². The zero-order valence-electron chi connectivity index (χ0n) is 37.5. The van der Waals surface area contributed by atoms with E-state index >= 15 is 0 Å². The van der Waals surface area contributed by atoms with Gasteiger partial charge in [0, 0.05) is 15.4 Å². The second-order valence-corrected chi connectivity index (χ2v) is 28.2. The van der Waals surface area contributed by atoms with Crippen molar-refractivity contribution in [2.75, 3.05) is 0 Å². The maximum absolute atomic E-state index is 2.58. The van der Waals surface area contributed by atoms with E-state index < -0.39 is 16.1 Å². The van der Waals surface area contributed by atoms with Crippen molar-refractivity contribution in [2.24, 2.45) is 0 Å². The second-order valence-electron chi connectivity index (χ2n) is 17.2. The zero-order valence-corrected chi connectivity index (χ0v) is 41.1. The maximum atomic E-state index is 2.58. The standard InChI is InChI=1S/C62H53S2Si2/c1-48-23-21-22-36-62(48)64(51-39-44-60(45-40-51)66(56-30-15-6-16-31-56,57-32-17-7-18-33-57)58-34-19-8-20-35-58)52-41-46-61(49(2)47-52)63-50-37-42-59(43-38-50)65(53-24-9-3-10-25-53,54-26-11-4-12-27-54)55-28-13-5-14-29-55/h3-44,46-47,60H,45H2,1-2H3/q+1.